The van der Waals surface area contributed by atoms with Gasteiger partial charge in [0.25, 0.3) is 5.91 Å². The summed E-state index contributed by atoms with van der Waals surface area (Å²) in [6, 6.07) is 16.5. The highest BCUT2D eigenvalue weighted by molar-refractivity contribution is 6.35. The molecule has 0 saturated carbocycles. The molecule has 0 radical (unpaired) electrons. The average Bonchev–Trinajstić information content (AvgIpc) is 2.70. The molecular weight excluding hydrogens is 421 g/mol. The van der Waals surface area contributed by atoms with Crippen molar-refractivity contribution in [3.8, 4) is 11.5 Å². The van der Waals surface area contributed by atoms with E-state index in [1.807, 2.05) is 26.0 Å². The van der Waals surface area contributed by atoms with Crippen molar-refractivity contribution in [2.24, 2.45) is 0 Å². The van der Waals surface area contributed by atoms with Gasteiger partial charge in [0, 0.05) is 27.7 Å². The number of hydrogen-bond acceptors (Lipinski definition) is 3. The van der Waals surface area contributed by atoms with Crippen molar-refractivity contribution in [2.75, 3.05) is 7.11 Å². The number of carbonyl (C=O) groups excluding carboxylic acids is 1. The summed E-state index contributed by atoms with van der Waals surface area (Å²) in [5.74, 6) is 1.23. The van der Waals surface area contributed by atoms with Gasteiger partial charge in [-0.3, -0.25) is 4.79 Å². The predicted molar refractivity (Wildman–Crippen MR) is 121 cm³/mol. The molecule has 1 amide bonds. The molecule has 0 atom stereocenters. The summed E-state index contributed by atoms with van der Waals surface area (Å²) in [5, 5.41) is 3.95. The van der Waals surface area contributed by atoms with Crippen molar-refractivity contribution in [3.05, 3.63) is 92.5 Å². The van der Waals surface area contributed by atoms with Crippen LogP contribution < -0.4 is 14.8 Å². The normalized spacial score (nSPS) is 10.6. The Morgan fingerprint density at radius 1 is 0.933 bits per heavy atom. The summed E-state index contributed by atoms with van der Waals surface area (Å²) in [5.41, 5.74) is 4.35. The third-order valence-electron chi connectivity index (χ3n) is 4.59. The lowest BCUT2D eigenvalue weighted by Crippen LogP contribution is -2.23. The fourth-order valence-electron chi connectivity index (χ4n) is 3.15. The Morgan fingerprint density at radius 2 is 1.67 bits per heavy atom. The maximum absolute atomic E-state index is 12.6. The fourth-order valence-corrected chi connectivity index (χ4v) is 3.63. The zero-order valence-electron chi connectivity index (χ0n) is 17.1. The molecule has 3 aromatic carbocycles. The second kappa shape index (κ2) is 9.88. The van der Waals surface area contributed by atoms with Crippen LogP contribution in [0.2, 0.25) is 10.0 Å². The Bertz CT molecular complexity index is 1050. The number of carbonyl (C=O) groups is 1. The van der Waals surface area contributed by atoms with Gasteiger partial charge in [0.2, 0.25) is 0 Å². The second-order valence-electron chi connectivity index (χ2n) is 7.06. The molecule has 30 heavy (non-hydrogen) atoms. The first kappa shape index (κ1) is 22.0. The Labute approximate surface area is 186 Å². The van der Waals surface area contributed by atoms with Crippen LogP contribution in [0.4, 0.5) is 0 Å². The van der Waals surface area contributed by atoms with E-state index in [1.54, 1.807) is 43.5 Å². The number of hydrogen-bond donors (Lipinski definition) is 1. The lowest BCUT2D eigenvalue weighted by molar-refractivity contribution is 0.0950. The van der Waals surface area contributed by atoms with Gasteiger partial charge in [0.05, 0.1) is 7.11 Å². The van der Waals surface area contributed by atoms with E-state index in [1.165, 1.54) is 0 Å². The summed E-state index contributed by atoms with van der Waals surface area (Å²) >= 11 is 12.1. The van der Waals surface area contributed by atoms with Gasteiger partial charge in [-0.25, -0.2) is 0 Å². The van der Waals surface area contributed by atoms with Crippen LogP contribution in [-0.2, 0) is 13.2 Å². The Balaban J connectivity index is 1.71. The fraction of sp³-hybridized carbons (Fsp3) is 0.208. The maximum Gasteiger partial charge on any atom is 0.251 e. The van der Waals surface area contributed by atoms with E-state index in [-0.39, 0.29) is 12.5 Å². The standard InChI is InChI=1S/C24H23Cl2NO3/c1-15-8-16(2)10-21(9-15)30-14-19-11-17(5-7-23(19)29-3)24(28)27-13-18-4-6-20(25)12-22(18)26/h4-12H,13-14H2,1-3H3,(H,27,28). The van der Waals surface area contributed by atoms with E-state index in [9.17, 15) is 4.79 Å². The first-order chi connectivity index (χ1) is 14.4. The first-order valence-electron chi connectivity index (χ1n) is 9.46. The molecule has 0 aliphatic rings. The minimum atomic E-state index is -0.212. The quantitative estimate of drug-likeness (QED) is 0.477. The van der Waals surface area contributed by atoms with Gasteiger partial charge in [0.1, 0.15) is 18.1 Å². The van der Waals surface area contributed by atoms with E-state index in [0.29, 0.717) is 27.9 Å². The van der Waals surface area contributed by atoms with Gasteiger partial charge in [-0.2, -0.15) is 0 Å². The van der Waals surface area contributed by atoms with Crippen molar-refractivity contribution in [1.82, 2.24) is 5.32 Å². The van der Waals surface area contributed by atoms with Crippen LogP contribution in [0.3, 0.4) is 0 Å². The number of benzene rings is 3. The van der Waals surface area contributed by atoms with Gasteiger partial charge in [-0.15, -0.1) is 0 Å². The zero-order chi connectivity index (χ0) is 21.7. The van der Waals surface area contributed by atoms with Crippen molar-refractivity contribution in [3.63, 3.8) is 0 Å². The molecule has 156 valence electrons. The van der Waals surface area contributed by atoms with E-state index in [4.69, 9.17) is 32.7 Å². The minimum Gasteiger partial charge on any atom is -0.496 e. The second-order valence-corrected chi connectivity index (χ2v) is 7.90. The molecule has 3 aromatic rings. The lowest BCUT2D eigenvalue weighted by atomic mass is 10.1. The van der Waals surface area contributed by atoms with Gasteiger partial charge < -0.3 is 14.8 Å². The number of aryl methyl sites for hydroxylation is 2. The van der Waals surface area contributed by atoms with Crippen LogP contribution in [0.5, 0.6) is 11.5 Å². The molecule has 0 unspecified atom stereocenters. The van der Waals surface area contributed by atoms with Crippen molar-refractivity contribution in [2.45, 2.75) is 27.0 Å². The van der Waals surface area contributed by atoms with Gasteiger partial charge >= 0.3 is 0 Å². The van der Waals surface area contributed by atoms with E-state index in [2.05, 4.69) is 11.4 Å². The van der Waals surface area contributed by atoms with Crippen molar-refractivity contribution in [1.29, 1.82) is 0 Å². The molecule has 3 rings (SSSR count). The number of rotatable bonds is 7. The molecule has 0 saturated heterocycles. The van der Waals surface area contributed by atoms with Gasteiger partial charge in [0.15, 0.2) is 0 Å². The van der Waals surface area contributed by atoms with Crippen LogP contribution in [0.15, 0.2) is 54.6 Å². The Kier molecular flexibility index (Phi) is 7.24. The number of nitrogens with one attached hydrogen (secondary N) is 1. The summed E-state index contributed by atoms with van der Waals surface area (Å²) in [6.07, 6.45) is 0. The monoisotopic (exact) mass is 443 g/mol. The molecule has 0 heterocycles. The van der Waals surface area contributed by atoms with Crippen molar-refractivity contribution >= 4 is 29.1 Å². The lowest BCUT2D eigenvalue weighted by Gasteiger charge is -2.13. The zero-order valence-corrected chi connectivity index (χ0v) is 18.6. The summed E-state index contributed by atoms with van der Waals surface area (Å²) in [7, 11) is 1.60. The number of methoxy groups -OCH3 is 1. The molecular formula is C24H23Cl2NO3. The minimum absolute atomic E-state index is 0.212. The van der Waals surface area contributed by atoms with Gasteiger partial charge in [-0.1, -0.05) is 35.3 Å². The topological polar surface area (TPSA) is 47.6 Å². The molecule has 0 spiro atoms. The van der Waals surface area contributed by atoms with Gasteiger partial charge in [-0.05, 0) is 73.0 Å². The summed E-state index contributed by atoms with van der Waals surface area (Å²) < 4.78 is 11.4. The third kappa shape index (κ3) is 5.68. The van der Waals surface area contributed by atoms with Crippen LogP contribution in [0.1, 0.15) is 32.6 Å². The Morgan fingerprint density at radius 3 is 2.33 bits per heavy atom. The number of amides is 1. The van der Waals surface area contributed by atoms with E-state index < -0.39 is 0 Å². The highest BCUT2D eigenvalue weighted by Gasteiger charge is 2.12. The smallest absolute Gasteiger partial charge is 0.251 e. The van der Waals surface area contributed by atoms with Crippen LogP contribution in [0.25, 0.3) is 0 Å². The van der Waals surface area contributed by atoms with Crippen LogP contribution in [0, 0.1) is 13.8 Å². The number of ether oxygens (including phenoxy) is 2. The average molecular weight is 444 g/mol. The van der Waals surface area contributed by atoms with E-state index >= 15 is 0 Å². The highest BCUT2D eigenvalue weighted by atomic mass is 35.5. The maximum atomic E-state index is 12.6. The molecule has 4 nitrogen and oxygen atoms in total. The van der Waals surface area contributed by atoms with Crippen LogP contribution >= 0.6 is 23.2 Å². The SMILES string of the molecule is COc1ccc(C(=O)NCc2ccc(Cl)cc2Cl)cc1COc1cc(C)cc(C)c1. The molecule has 0 aromatic heterocycles. The molecule has 0 aliphatic carbocycles. The van der Waals surface area contributed by atoms with Crippen LogP contribution in [-0.4, -0.2) is 13.0 Å². The predicted octanol–water partition coefficient (Wildman–Crippen LogP) is 6.13. The largest absolute Gasteiger partial charge is 0.496 e. The first-order valence-corrected chi connectivity index (χ1v) is 10.2. The number of halogens is 2. The molecule has 6 heteroatoms. The van der Waals surface area contributed by atoms with E-state index in [0.717, 1.165) is 28.0 Å². The summed E-state index contributed by atoms with van der Waals surface area (Å²) in [6.45, 7) is 4.64. The molecule has 0 bridgehead atoms. The molecule has 0 aliphatic heterocycles. The Hall–Kier alpha value is -2.69. The highest BCUT2D eigenvalue weighted by Crippen LogP contribution is 2.24. The molecule has 0 fully saturated rings. The van der Waals surface area contributed by atoms with Crippen molar-refractivity contribution < 1.29 is 14.3 Å². The summed E-state index contributed by atoms with van der Waals surface area (Å²) in [4.78, 5) is 12.6. The molecule has 1 N–H and O–H groups in total. The third-order valence-corrected chi connectivity index (χ3v) is 5.17.